The fraction of sp³-hybridized carbons (Fsp3) is 0.500. The van der Waals surface area contributed by atoms with E-state index in [9.17, 15) is 0 Å². The summed E-state index contributed by atoms with van der Waals surface area (Å²) in [6.45, 7) is 5.37. The van der Waals surface area contributed by atoms with Crippen LogP contribution in [-0.4, -0.2) is 56.6 Å². The van der Waals surface area contributed by atoms with Crippen LogP contribution in [0.2, 0.25) is 0 Å². The Hall–Kier alpha value is 0.230. The molecule has 0 spiro atoms. The van der Waals surface area contributed by atoms with E-state index >= 15 is 0 Å². The Bertz CT molecular complexity index is 438. The predicted molar refractivity (Wildman–Crippen MR) is 105 cm³/mol. The Labute approximate surface area is 138 Å². The molecule has 8 heteroatoms. The van der Waals surface area contributed by atoms with Crippen molar-refractivity contribution in [1.29, 1.82) is 0 Å². The molecule has 0 atom stereocenters. The van der Waals surface area contributed by atoms with Gasteiger partial charge in [0, 0.05) is 23.4 Å². The highest BCUT2D eigenvalue weighted by Gasteiger charge is 2.15. The number of benzene rings is 1. The average molecular weight is 353 g/mol. The van der Waals surface area contributed by atoms with Gasteiger partial charge in [-0.25, -0.2) is 0 Å². The summed E-state index contributed by atoms with van der Waals surface area (Å²) in [5, 5.41) is 0. The molecule has 1 rings (SSSR count). The molecule has 106 valence electrons. The molecule has 1 aromatic rings. The fourth-order valence-electron chi connectivity index (χ4n) is 2.12. The third kappa shape index (κ3) is 4.36. The Morgan fingerprint density at radius 2 is 1.40 bits per heavy atom. The van der Waals surface area contributed by atoms with Crippen LogP contribution in [0, 0.1) is 0 Å². The molecule has 20 heavy (non-hydrogen) atoms. The van der Waals surface area contributed by atoms with E-state index in [1.807, 2.05) is 25.6 Å². The van der Waals surface area contributed by atoms with Crippen molar-refractivity contribution >= 4 is 80.9 Å². The van der Waals surface area contributed by atoms with Crippen LogP contribution >= 0.6 is 27.7 Å². The molecular formula is C12H21B4BrO2S. The first-order valence-electron chi connectivity index (χ1n) is 7.05. The van der Waals surface area contributed by atoms with Crippen molar-refractivity contribution in [2.24, 2.45) is 0 Å². The summed E-state index contributed by atoms with van der Waals surface area (Å²) in [4.78, 5) is 1.35. The molecule has 0 aromatic heterocycles. The highest BCUT2D eigenvalue weighted by molar-refractivity contribution is 9.10. The first kappa shape index (κ1) is 18.3. The maximum Gasteiger partial charge on any atom is 0.166 e. The summed E-state index contributed by atoms with van der Waals surface area (Å²) in [5.41, 5.74) is 5.33. The zero-order valence-electron chi connectivity index (χ0n) is 13.3. The van der Waals surface area contributed by atoms with Crippen molar-refractivity contribution in [3.05, 3.63) is 4.47 Å². The van der Waals surface area contributed by atoms with Crippen LogP contribution < -0.4 is 21.9 Å². The zero-order chi connectivity index (χ0) is 15.3. The van der Waals surface area contributed by atoms with Gasteiger partial charge < -0.3 is 9.47 Å². The third-order valence-electron chi connectivity index (χ3n) is 3.53. The molecule has 0 saturated heterocycles. The second-order valence-corrected chi connectivity index (χ2v) is 6.62. The normalized spacial score (nSPS) is 11.2. The van der Waals surface area contributed by atoms with Crippen LogP contribution in [0.25, 0.3) is 0 Å². The van der Waals surface area contributed by atoms with E-state index in [0.717, 1.165) is 5.75 Å². The van der Waals surface area contributed by atoms with Gasteiger partial charge in [-0.3, -0.25) is 0 Å². The van der Waals surface area contributed by atoms with Crippen LogP contribution in [0.15, 0.2) is 9.37 Å². The summed E-state index contributed by atoms with van der Waals surface area (Å²) < 4.78 is 12.5. The van der Waals surface area contributed by atoms with Gasteiger partial charge in [0.2, 0.25) is 0 Å². The Morgan fingerprint density at radius 3 is 1.80 bits per heavy atom. The monoisotopic (exact) mass is 352 g/mol. The Balaban J connectivity index is 2.92. The molecule has 0 unspecified atom stereocenters. The largest absolute Gasteiger partial charge is 0.352 e. The molecule has 0 aliphatic carbocycles. The van der Waals surface area contributed by atoms with E-state index in [4.69, 9.17) is 9.47 Å². The maximum atomic E-state index is 5.62. The lowest BCUT2D eigenvalue weighted by Crippen LogP contribution is -2.44. The van der Waals surface area contributed by atoms with Gasteiger partial charge >= 0.3 is 0 Å². The van der Waals surface area contributed by atoms with Gasteiger partial charge in [0.1, 0.15) is 31.4 Å². The number of halogens is 1. The molecule has 1 aromatic carbocycles. The van der Waals surface area contributed by atoms with Gasteiger partial charge in [0.15, 0.2) is 6.29 Å². The molecule has 0 amide bonds. The summed E-state index contributed by atoms with van der Waals surface area (Å²) >= 11 is 5.51. The van der Waals surface area contributed by atoms with Gasteiger partial charge in [-0.2, -0.15) is 0 Å². The van der Waals surface area contributed by atoms with Gasteiger partial charge in [0.25, 0.3) is 0 Å². The minimum Gasteiger partial charge on any atom is -0.352 e. The summed E-state index contributed by atoms with van der Waals surface area (Å²) in [6.07, 6.45) is -0.127. The van der Waals surface area contributed by atoms with Crippen molar-refractivity contribution in [1.82, 2.24) is 0 Å². The number of hydrogen-bond donors (Lipinski definition) is 0. The summed E-state index contributed by atoms with van der Waals surface area (Å²) in [7, 11) is 8.70. The molecule has 0 fully saturated rings. The van der Waals surface area contributed by atoms with E-state index in [2.05, 4.69) is 47.3 Å². The summed E-state index contributed by atoms with van der Waals surface area (Å²) in [6, 6.07) is 0. The molecule has 0 aliphatic rings. The zero-order valence-corrected chi connectivity index (χ0v) is 15.7. The molecule has 0 N–H and O–H groups in total. The lowest BCUT2D eigenvalue weighted by Gasteiger charge is -2.21. The molecule has 0 heterocycles. The number of ether oxygens (including phenoxy) is 2. The minimum atomic E-state index is -0.127. The summed E-state index contributed by atoms with van der Waals surface area (Å²) in [5.74, 6) is 0.823. The fourth-order valence-corrected chi connectivity index (χ4v) is 3.95. The van der Waals surface area contributed by atoms with Gasteiger partial charge in [-0.1, -0.05) is 37.8 Å². The molecule has 0 aliphatic heterocycles. The second-order valence-electron chi connectivity index (χ2n) is 4.79. The molecule has 0 bridgehead atoms. The lowest BCUT2D eigenvalue weighted by atomic mass is 9.71. The Kier molecular flexibility index (Phi) is 7.88. The number of thioether (sulfide) groups is 1. The number of hydrogen-bond acceptors (Lipinski definition) is 3. The average Bonchev–Trinajstić information content (AvgIpc) is 2.43. The Morgan fingerprint density at radius 1 is 0.950 bits per heavy atom. The second kappa shape index (κ2) is 8.62. The van der Waals surface area contributed by atoms with Gasteiger partial charge in [-0.05, 0) is 18.7 Å². The van der Waals surface area contributed by atoms with E-state index in [0.29, 0.717) is 13.2 Å². The molecule has 2 nitrogen and oxygen atoms in total. The topological polar surface area (TPSA) is 18.5 Å². The van der Waals surface area contributed by atoms with Crippen LogP contribution in [-0.2, 0) is 9.47 Å². The van der Waals surface area contributed by atoms with E-state index in [-0.39, 0.29) is 6.29 Å². The van der Waals surface area contributed by atoms with Crippen LogP contribution in [0.4, 0.5) is 0 Å². The van der Waals surface area contributed by atoms with Crippen LogP contribution in [0.3, 0.4) is 0 Å². The highest BCUT2D eigenvalue weighted by Crippen LogP contribution is 2.16. The highest BCUT2D eigenvalue weighted by atomic mass is 79.9. The SMILES string of the molecule is Bc1c(B)c(SCC(OCC)OCC)c(B)c(B)c1Br. The first-order chi connectivity index (χ1) is 9.43. The predicted octanol–water partition coefficient (Wildman–Crippen LogP) is -3.03. The quantitative estimate of drug-likeness (QED) is 0.296. The van der Waals surface area contributed by atoms with Gasteiger partial charge in [0.05, 0.1) is 0 Å². The van der Waals surface area contributed by atoms with Crippen LogP contribution in [0.1, 0.15) is 13.8 Å². The van der Waals surface area contributed by atoms with Gasteiger partial charge in [-0.15, -0.1) is 11.8 Å². The lowest BCUT2D eigenvalue weighted by molar-refractivity contribution is -0.120. The third-order valence-corrected chi connectivity index (χ3v) is 6.06. The molecule has 0 saturated carbocycles. The maximum absolute atomic E-state index is 5.62. The smallest absolute Gasteiger partial charge is 0.166 e. The number of rotatable bonds is 7. The molecular weight excluding hydrogens is 331 g/mol. The van der Waals surface area contributed by atoms with Crippen molar-refractivity contribution in [2.75, 3.05) is 19.0 Å². The van der Waals surface area contributed by atoms with Crippen molar-refractivity contribution in [2.45, 2.75) is 25.0 Å². The van der Waals surface area contributed by atoms with Crippen molar-refractivity contribution < 1.29 is 9.47 Å². The van der Waals surface area contributed by atoms with E-state index in [1.54, 1.807) is 0 Å². The van der Waals surface area contributed by atoms with Crippen molar-refractivity contribution in [3.63, 3.8) is 0 Å². The first-order valence-corrected chi connectivity index (χ1v) is 8.83. The minimum absolute atomic E-state index is 0.127. The van der Waals surface area contributed by atoms with Crippen molar-refractivity contribution in [3.8, 4) is 0 Å². The van der Waals surface area contributed by atoms with Crippen LogP contribution in [0.5, 0.6) is 0 Å². The van der Waals surface area contributed by atoms with E-state index < -0.39 is 0 Å². The standard InChI is InChI=1S/C12H21B4BrO2S/c1-3-18-6(19-4-2)5-20-12-9(15)7(13)11(17)8(14)10(12)16/h6H,3-5,13-16H2,1-2H3. The molecule has 0 radical (unpaired) electrons. The van der Waals surface area contributed by atoms with E-state index in [1.165, 1.54) is 31.2 Å².